The molecule has 4 nitrogen and oxygen atoms in total. The molecule has 0 N–H and O–H groups in total. The predicted molar refractivity (Wildman–Crippen MR) is 165 cm³/mol. The summed E-state index contributed by atoms with van der Waals surface area (Å²) < 4.78 is 2.36. The molecule has 40 heavy (non-hydrogen) atoms. The highest BCUT2D eigenvalue weighted by atomic mass is 15.2. The smallest absolute Gasteiger partial charge is 0.159 e. The molecular weight excluding hydrogens is 488 g/mol. The summed E-state index contributed by atoms with van der Waals surface area (Å²) in [6, 6.07) is 44.4. The van der Waals surface area contributed by atoms with Crippen LogP contribution in [0.2, 0.25) is 0 Å². The van der Waals surface area contributed by atoms with E-state index in [1.54, 1.807) is 0 Å². The zero-order valence-corrected chi connectivity index (χ0v) is 21.6. The number of rotatable bonds is 3. The average Bonchev–Trinajstić information content (AvgIpc) is 3.27. The molecule has 0 radical (unpaired) electrons. The molecule has 5 aromatic carbocycles. The summed E-state index contributed by atoms with van der Waals surface area (Å²) in [5.41, 5.74) is 9.63. The summed E-state index contributed by atoms with van der Waals surface area (Å²) >= 11 is 0. The molecule has 0 aliphatic carbocycles. The van der Waals surface area contributed by atoms with E-state index in [1.807, 2.05) is 36.5 Å². The van der Waals surface area contributed by atoms with Crippen molar-refractivity contribution in [3.8, 4) is 17.1 Å². The summed E-state index contributed by atoms with van der Waals surface area (Å²) in [6.07, 6.45) is 6.27. The fourth-order valence-electron chi connectivity index (χ4n) is 5.83. The third kappa shape index (κ3) is 3.47. The topological polar surface area (TPSA) is 34.0 Å². The Kier molecular flexibility index (Phi) is 5.10. The first-order chi connectivity index (χ1) is 19.9. The van der Waals surface area contributed by atoms with Crippen LogP contribution in [0, 0.1) is 0 Å². The van der Waals surface area contributed by atoms with E-state index < -0.39 is 0 Å². The monoisotopic (exact) mass is 512 g/mol. The van der Waals surface area contributed by atoms with Crippen molar-refractivity contribution >= 4 is 51.0 Å². The molecule has 0 atom stereocenters. The minimum absolute atomic E-state index is 0.716. The second-order valence-corrected chi connectivity index (χ2v) is 9.92. The second kappa shape index (κ2) is 9.07. The van der Waals surface area contributed by atoms with Gasteiger partial charge in [0.15, 0.2) is 5.82 Å². The maximum Gasteiger partial charge on any atom is 0.159 e. The van der Waals surface area contributed by atoms with Gasteiger partial charge in [-0.05, 0) is 48.0 Å². The molecule has 0 saturated heterocycles. The van der Waals surface area contributed by atoms with Crippen LogP contribution in [0.15, 0.2) is 134 Å². The lowest BCUT2D eigenvalue weighted by molar-refractivity contribution is 1.13. The van der Waals surface area contributed by atoms with Crippen LogP contribution in [0.5, 0.6) is 0 Å². The minimum atomic E-state index is 0.716. The molecule has 0 unspecified atom stereocenters. The predicted octanol–water partition coefficient (Wildman–Crippen LogP) is 9.19. The highest BCUT2D eigenvalue weighted by Gasteiger charge is 2.27. The second-order valence-electron chi connectivity index (χ2n) is 9.92. The van der Waals surface area contributed by atoms with Crippen molar-refractivity contribution in [2.45, 2.75) is 0 Å². The first-order valence-electron chi connectivity index (χ1n) is 13.4. The van der Waals surface area contributed by atoms with Gasteiger partial charge < -0.3 is 9.47 Å². The lowest BCUT2D eigenvalue weighted by Crippen LogP contribution is -2.13. The molecule has 0 spiro atoms. The number of hydrogen-bond acceptors (Lipinski definition) is 3. The minimum Gasteiger partial charge on any atom is -0.309 e. The normalized spacial score (nSPS) is 12.3. The average molecular weight is 513 g/mol. The van der Waals surface area contributed by atoms with Gasteiger partial charge in [0.1, 0.15) is 0 Å². The van der Waals surface area contributed by atoms with Crippen molar-refractivity contribution in [3.63, 3.8) is 0 Å². The third-order valence-corrected chi connectivity index (χ3v) is 7.59. The maximum atomic E-state index is 5.05. The molecule has 3 heterocycles. The van der Waals surface area contributed by atoms with E-state index in [0.29, 0.717) is 5.82 Å². The van der Waals surface area contributed by atoms with Gasteiger partial charge in [0.05, 0.1) is 34.3 Å². The van der Waals surface area contributed by atoms with Crippen molar-refractivity contribution < 1.29 is 0 Å². The largest absolute Gasteiger partial charge is 0.309 e. The molecule has 1 aliphatic heterocycles. The summed E-state index contributed by atoms with van der Waals surface area (Å²) in [6.45, 7) is 0. The SMILES string of the molecule is C1=Cc2nc(-c3ccccc3)ncc2N(c2ccccc2)c2c1ccc1c2c2ccccc2n1-c1ccccc1. The highest BCUT2D eigenvalue weighted by molar-refractivity contribution is 6.19. The van der Waals surface area contributed by atoms with Crippen molar-refractivity contribution in [1.82, 2.24) is 14.5 Å². The van der Waals surface area contributed by atoms with E-state index in [4.69, 9.17) is 9.97 Å². The lowest BCUT2D eigenvalue weighted by atomic mass is 10.0. The van der Waals surface area contributed by atoms with E-state index in [2.05, 4.69) is 119 Å². The van der Waals surface area contributed by atoms with Crippen LogP contribution in [-0.4, -0.2) is 14.5 Å². The summed E-state index contributed by atoms with van der Waals surface area (Å²) in [4.78, 5) is 12.2. The maximum absolute atomic E-state index is 5.05. The van der Waals surface area contributed by atoms with Gasteiger partial charge in [-0.3, -0.25) is 0 Å². The molecule has 188 valence electrons. The molecule has 2 aromatic heterocycles. The van der Waals surface area contributed by atoms with Crippen LogP contribution < -0.4 is 4.90 Å². The Hall–Kier alpha value is -5.48. The molecule has 0 amide bonds. The Morgan fingerprint density at radius 2 is 1.23 bits per heavy atom. The number of hydrogen-bond donors (Lipinski definition) is 0. The Balaban J connectivity index is 1.46. The van der Waals surface area contributed by atoms with E-state index in [1.165, 1.54) is 16.3 Å². The standard InChI is InChI=1S/C36H24N4/c1-4-12-26(13-5-1)36-37-24-33-30(38-36)22-20-25-21-23-32-34(35(25)40(33)28-16-8-3-9-17-28)29-18-10-11-19-31(29)39(32)27-14-6-2-7-15-27/h1-24H. The molecule has 1 aliphatic rings. The summed E-state index contributed by atoms with van der Waals surface area (Å²) in [5.74, 6) is 0.716. The molecule has 7 aromatic rings. The van der Waals surface area contributed by atoms with Crippen molar-refractivity contribution in [3.05, 3.63) is 145 Å². The van der Waals surface area contributed by atoms with Crippen molar-refractivity contribution in [2.24, 2.45) is 0 Å². The van der Waals surface area contributed by atoms with Crippen LogP contribution in [-0.2, 0) is 0 Å². The molecular formula is C36H24N4. The number of para-hydroxylation sites is 3. The van der Waals surface area contributed by atoms with Crippen molar-refractivity contribution in [1.29, 1.82) is 0 Å². The third-order valence-electron chi connectivity index (χ3n) is 7.59. The van der Waals surface area contributed by atoms with Crippen LogP contribution in [0.3, 0.4) is 0 Å². The molecule has 0 bridgehead atoms. The Morgan fingerprint density at radius 1 is 0.550 bits per heavy atom. The van der Waals surface area contributed by atoms with Crippen LogP contribution in [0.4, 0.5) is 17.1 Å². The molecule has 8 rings (SSSR count). The Morgan fingerprint density at radius 3 is 2.00 bits per heavy atom. The zero-order valence-electron chi connectivity index (χ0n) is 21.6. The fourth-order valence-corrected chi connectivity index (χ4v) is 5.83. The fraction of sp³-hybridized carbons (Fsp3) is 0. The van der Waals surface area contributed by atoms with Gasteiger partial charge in [-0.25, -0.2) is 9.97 Å². The van der Waals surface area contributed by atoms with Crippen LogP contribution >= 0.6 is 0 Å². The number of benzene rings is 5. The van der Waals surface area contributed by atoms with Crippen LogP contribution in [0.1, 0.15) is 11.3 Å². The summed E-state index contributed by atoms with van der Waals surface area (Å²) in [7, 11) is 0. The lowest BCUT2D eigenvalue weighted by Gasteiger charge is -2.27. The van der Waals surface area contributed by atoms with Crippen molar-refractivity contribution in [2.75, 3.05) is 4.90 Å². The van der Waals surface area contributed by atoms with Gasteiger partial charge in [-0.1, -0.05) is 97.1 Å². The Bertz CT molecular complexity index is 2040. The number of aromatic nitrogens is 3. The number of fused-ring (bicyclic) bond motifs is 6. The van der Waals surface area contributed by atoms with Gasteiger partial charge in [0.25, 0.3) is 0 Å². The molecule has 4 heteroatoms. The van der Waals surface area contributed by atoms with E-state index >= 15 is 0 Å². The van der Waals surface area contributed by atoms with E-state index in [-0.39, 0.29) is 0 Å². The quantitative estimate of drug-likeness (QED) is 0.237. The van der Waals surface area contributed by atoms with E-state index in [9.17, 15) is 0 Å². The Labute approximate surface area is 232 Å². The molecule has 0 saturated carbocycles. The van der Waals surface area contributed by atoms with Crippen LogP contribution in [0.25, 0.3) is 51.0 Å². The zero-order chi connectivity index (χ0) is 26.5. The van der Waals surface area contributed by atoms with E-state index in [0.717, 1.165) is 45.1 Å². The number of nitrogens with zero attached hydrogens (tertiary/aromatic N) is 4. The summed E-state index contributed by atoms with van der Waals surface area (Å²) in [5, 5.41) is 2.41. The number of anilines is 3. The molecule has 0 fully saturated rings. The van der Waals surface area contributed by atoms with Gasteiger partial charge in [0.2, 0.25) is 0 Å². The highest BCUT2D eigenvalue weighted by Crippen LogP contribution is 2.48. The van der Waals surface area contributed by atoms with Gasteiger partial charge >= 0.3 is 0 Å². The first kappa shape index (κ1) is 22.5. The van der Waals surface area contributed by atoms with Gasteiger partial charge in [-0.15, -0.1) is 0 Å². The first-order valence-corrected chi connectivity index (χ1v) is 13.4. The van der Waals surface area contributed by atoms with Gasteiger partial charge in [-0.2, -0.15) is 0 Å². The van der Waals surface area contributed by atoms with Gasteiger partial charge in [0, 0.05) is 27.7 Å².